The van der Waals surface area contributed by atoms with E-state index in [-0.39, 0.29) is 29.9 Å². The number of hydrogen-bond acceptors (Lipinski definition) is 3. The minimum atomic E-state index is -0.818. The van der Waals surface area contributed by atoms with Crippen LogP contribution in [0.3, 0.4) is 0 Å². The van der Waals surface area contributed by atoms with E-state index in [1.54, 1.807) is 48.5 Å². The van der Waals surface area contributed by atoms with Gasteiger partial charge in [-0.3, -0.25) is 0 Å². The number of rotatable bonds is 13. The summed E-state index contributed by atoms with van der Waals surface area (Å²) in [7, 11) is 0. The predicted octanol–water partition coefficient (Wildman–Crippen LogP) is 9.37. The average Bonchev–Trinajstić information content (AvgIpc) is 2.95. The Morgan fingerprint density at radius 3 is 2.15 bits per heavy atom. The van der Waals surface area contributed by atoms with E-state index in [4.69, 9.17) is 14.2 Å². The molecule has 4 rings (SSSR count). The van der Waals surface area contributed by atoms with Gasteiger partial charge >= 0.3 is 0 Å². The molecule has 1 aliphatic carbocycles. The van der Waals surface area contributed by atoms with E-state index in [1.807, 2.05) is 0 Å². The van der Waals surface area contributed by atoms with E-state index in [0.29, 0.717) is 23.5 Å². The van der Waals surface area contributed by atoms with Crippen molar-refractivity contribution in [3.8, 4) is 22.6 Å². The van der Waals surface area contributed by atoms with Gasteiger partial charge in [-0.1, -0.05) is 63.1 Å². The topological polar surface area (TPSA) is 27.7 Å². The Balaban J connectivity index is 1.34. The highest BCUT2D eigenvalue weighted by atomic mass is 19.2. The largest absolute Gasteiger partial charge is 0.493 e. The number of halogens is 3. The third-order valence-corrected chi connectivity index (χ3v) is 7.41. The second-order valence-corrected chi connectivity index (χ2v) is 10.3. The van der Waals surface area contributed by atoms with Crippen LogP contribution in [0.25, 0.3) is 11.1 Å². The minimum Gasteiger partial charge on any atom is -0.493 e. The maximum absolute atomic E-state index is 15.2. The third-order valence-electron chi connectivity index (χ3n) is 7.41. The molecule has 0 N–H and O–H groups in total. The molecular formula is C33H39F3O3. The first-order valence-corrected chi connectivity index (χ1v) is 14.2. The van der Waals surface area contributed by atoms with E-state index in [0.717, 1.165) is 63.5 Å². The SMILES string of the molecule is CCCCOc1ccc(OCc2ccc(-c3ccc(C4CCC(OCCCC)CC4)c(F)c3F)cc2)c(F)c1. The summed E-state index contributed by atoms with van der Waals surface area (Å²) < 4.78 is 61.8. The Hall–Kier alpha value is -2.99. The Kier molecular flexibility index (Phi) is 10.7. The summed E-state index contributed by atoms with van der Waals surface area (Å²) in [5, 5.41) is 0. The molecule has 0 saturated heterocycles. The van der Waals surface area contributed by atoms with Gasteiger partial charge in [0, 0.05) is 18.2 Å². The molecule has 210 valence electrons. The van der Waals surface area contributed by atoms with Crippen molar-refractivity contribution in [3.63, 3.8) is 0 Å². The summed E-state index contributed by atoms with van der Waals surface area (Å²) in [6, 6.07) is 15.0. The summed E-state index contributed by atoms with van der Waals surface area (Å²) >= 11 is 0. The second-order valence-electron chi connectivity index (χ2n) is 10.3. The van der Waals surface area contributed by atoms with Crippen LogP contribution in [0.15, 0.2) is 54.6 Å². The zero-order chi connectivity index (χ0) is 27.6. The first-order chi connectivity index (χ1) is 19.0. The monoisotopic (exact) mass is 540 g/mol. The third kappa shape index (κ3) is 7.78. The lowest BCUT2D eigenvalue weighted by atomic mass is 9.82. The van der Waals surface area contributed by atoms with Gasteiger partial charge in [-0.05, 0) is 73.3 Å². The van der Waals surface area contributed by atoms with Gasteiger partial charge in [0.15, 0.2) is 23.2 Å². The van der Waals surface area contributed by atoms with E-state index in [2.05, 4.69) is 13.8 Å². The van der Waals surface area contributed by atoms with Crippen LogP contribution in [0, 0.1) is 17.5 Å². The number of ether oxygens (including phenoxy) is 3. The molecule has 0 atom stereocenters. The molecule has 0 heterocycles. The van der Waals surface area contributed by atoms with Gasteiger partial charge in [0.05, 0.1) is 12.7 Å². The van der Waals surface area contributed by atoms with Gasteiger partial charge in [-0.25, -0.2) is 13.2 Å². The molecule has 1 aliphatic rings. The first-order valence-electron chi connectivity index (χ1n) is 14.2. The Labute approximate surface area is 230 Å². The highest BCUT2D eigenvalue weighted by Crippen LogP contribution is 2.38. The molecule has 3 nitrogen and oxygen atoms in total. The van der Waals surface area contributed by atoms with Crippen LogP contribution in [0.5, 0.6) is 11.5 Å². The van der Waals surface area contributed by atoms with Crippen LogP contribution in [-0.2, 0) is 11.3 Å². The van der Waals surface area contributed by atoms with E-state index >= 15 is 8.78 Å². The second kappa shape index (κ2) is 14.4. The Morgan fingerprint density at radius 2 is 1.46 bits per heavy atom. The van der Waals surface area contributed by atoms with Crippen molar-refractivity contribution in [1.29, 1.82) is 0 Å². The molecule has 0 radical (unpaired) electrons. The average molecular weight is 541 g/mol. The molecular weight excluding hydrogens is 501 g/mol. The van der Waals surface area contributed by atoms with Crippen LogP contribution in [-0.4, -0.2) is 19.3 Å². The maximum atomic E-state index is 15.2. The predicted molar refractivity (Wildman–Crippen MR) is 149 cm³/mol. The maximum Gasteiger partial charge on any atom is 0.168 e. The Morgan fingerprint density at radius 1 is 0.744 bits per heavy atom. The van der Waals surface area contributed by atoms with Crippen LogP contribution < -0.4 is 9.47 Å². The molecule has 1 fully saturated rings. The van der Waals surface area contributed by atoms with E-state index in [9.17, 15) is 4.39 Å². The zero-order valence-electron chi connectivity index (χ0n) is 23.0. The molecule has 0 aliphatic heterocycles. The molecule has 39 heavy (non-hydrogen) atoms. The first kappa shape index (κ1) is 29.0. The van der Waals surface area contributed by atoms with E-state index < -0.39 is 17.5 Å². The van der Waals surface area contributed by atoms with Gasteiger partial charge in [-0.15, -0.1) is 0 Å². The summed E-state index contributed by atoms with van der Waals surface area (Å²) in [6.45, 7) is 5.67. The lowest BCUT2D eigenvalue weighted by Gasteiger charge is -2.29. The van der Waals surface area contributed by atoms with Gasteiger partial charge in [0.2, 0.25) is 0 Å². The quantitative estimate of drug-likeness (QED) is 0.202. The van der Waals surface area contributed by atoms with Crippen LogP contribution in [0.4, 0.5) is 13.2 Å². The van der Waals surface area contributed by atoms with Crippen molar-refractivity contribution in [1.82, 2.24) is 0 Å². The van der Waals surface area contributed by atoms with Gasteiger partial charge in [0.1, 0.15) is 12.4 Å². The van der Waals surface area contributed by atoms with Gasteiger partial charge in [0.25, 0.3) is 0 Å². The minimum absolute atomic E-state index is 0.0106. The highest BCUT2D eigenvalue weighted by molar-refractivity contribution is 5.65. The van der Waals surface area contributed by atoms with Crippen molar-refractivity contribution in [3.05, 3.63) is 83.2 Å². The van der Waals surface area contributed by atoms with Crippen LogP contribution in [0.2, 0.25) is 0 Å². The summed E-state index contributed by atoms with van der Waals surface area (Å²) in [5.41, 5.74) is 2.05. The Bertz CT molecular complexity index is 1190. The fraction of sp³-hybridized carbons (Fsp3) is 0.455. The normalized spacial score (nSPS) is 17.3. The van der Waals surface area contributed by atoms with Gasteiger partial charge in [-0.2, -0.15) is 0 Å². The number of unbranched alkanes of at least 4 members (excludes halogenated alkanes) is 2. The van der Waals surface area contributed by atoms with Crippen molar-refractivity contribution in [2.24, 2.45) is 0 Å². The molecule has 0 aromatic heterocycles. The number of benzene rings is 3. The summed E-state index contributed by atoms with van der Waals surface area (Å²) in [4.78, 5) is 0. The molecule has 1 saturated carbocycles. The smallest absolute Gasteiger partial charge is 0.168 e. The van der Waals surface area contributed by atoms with Crippen molar-refractivity contribution in [2.75, 3.05) is 13.2 Å². The van der Waals surface area contributed by atoms with Crippen LogP contribution in [0.1, 0.15) is 82.3 Å². The van der Waals surface area contributed by atoms with Crippen molar-refractivity contribution >= 4 is 0 Å². The fourth-order valence-electron chi connectivity index (χ4n) is 5.00. The summed E-state index contributed by atoms with van der Waals surface area (Å²) in [6.07, 6.45) is 7.65. The molecule has 3 aromatic rings. The standard InChI is InChI=1S/C33H39F3O3/c1-3-5-19-37-26-13-11-25(12-14-26)29-17-16-28(32(35)33(29)36)24-9-7-23(8-10-24)22-39-31-18-15-27(21-30(31)34)38-20-6-4-2/h7-10,15-18,21,25-26H,3-6,11-14,19-20,22H2,1-2H3. The lowest BCUT2D eigenvalue weighted by Crippen LogP contribution is -2.22. The zero-order valence-corrected chi connectivity index (χ0v) is 23.0. The molecule has 6 heteroatoms. The molecule has 0 spiro atoms. The number of hydrogen-bond donors (Lipinski definition) is 0. The molecule has 3 aromatic carbocycles. The van der Waals surface area contributed by atoms with Crippen molar-refractivity contribution in [2.45, 2.75) is 83.8 Å². The van der Waals surface area contributed by atoms with Crippen molar-refractivity contribution < 1.29 is 27.4 Å². The lowest BCUT2D eigenvalue weighted by molar-refractivity contribution is 0.0230. The van der Waals surface area contributed by atoms with Gasteiger partial charge < -0.3 is 14.2 Å². The fourth-order valence-corrected chi connectivity index (χ4v) is 5.00. The van der Waals surface area contributed by atoms with Crippen LogP contribution >= 0.6 is 0 Å². The molecule has 0 amide bonds. The van der Waals surface area contributed by atoms with E-state index in [1.165, 1.54) is 6.07 Å². The highest BCUT2D eigenvalue weighted by Gasteiger charge is 2.27. The molecule has 0 bridgehead atoms. The summed E-state index contributed by atoms with van der Waals surface area (Å²) in [5.74, 6) is -1.45. The molecule has 0 unspecified atom stereocenters.